The zero-order valence-corrected chi connectivity index (χ0v) is 17.3. The topological polar surface area (TPSA) is 110 Å². The first-order valence-corrected chi connectivity index (χ1v) is 11.4. The molecule has 0 radical (unpaired) electrons. The molecule has 8 nitrogen and oxygen atoms in total. The van der Waals surface area contributed by atoms with Crippen LogP contribution in [-0.4, -0.2) is 37.8 Å². The highest BCUT2D eigenvalue weighted by molar-refractivity contribution is 7.98. The predicted molar refractivity (Wildman–Crippen MR) is 111 cm³/mol. The fourth-order valence-electron chi connectivity index (χ4n) is 2.73. The van der Waals surface area contributed by atoms with Crippen LogP contribution in [0.4, 0.5) is 17.1 Å². The smallest absolute Gasteiger partial charge is 0.271 e. The SMILES string of the molecule is CC[C@H](C(=O)Nc1cccc(SC)c1)N(c1cccc([N+](=O)[O-])c1)S(C)(=O)=O. The number of carbonyl (C=O) groups excluding carboxylic acids is 1. The van der Waals surface area contributed by atoms with Crippen LogP contribution in [0.15, 0.2) is 53.4 Å². The molecule has 0 unspecified atom stereocenters. The fraction of sp³-hybridized carbons (Fsp3) is 0.278. The number of benzene rings is 2. The van der Waals surface area contributed by atoms with Crippen molar-refractivity contribution >= 4 is 44.8 Å². The Hall–Kier alpha value is -2.59. The van der Waals surface area contributed by atoms with Gasteiger partial charge < -0.3 is 5.32 Å². The average molecular weight is 424 g/mol. The molecule has 1 amide bonds. The summed E-state index contributed by atoms with van der Waals surface area (Å²) in [5, 5.41) is 13.8. The summed E-state index contributed by atoms with van der Waals surface area (Å²) in [5.74, 6) is -0.516. The molecule has 10 heteroatoms. The van der Waals surface area contributed by atoms with Gasteiger partial charge in [-0.05, 0) is 36.9 Å². The van der Waals surface area contributed by atoms with E-state index in [0.29, 0.717) is 5.69 Å². The first-order chi connectivity index (χ1) is 13.2. The molecule has 0 fully saturated rings. The van der Waals surface area contributed by atoms with Gasteiger partial charge in [-0.1, -0.05) is 19.1 Å². The molecule has 2 rings (SSSR count). The highest BCUT2D eigenvalue weighted by Crippen LogP contribution is 2.27. The minimum Gasteiger partial charge on any atom is -0.324 e. The lowest BCUT2D eigenvalue weighted by atomic mass is 10.1. The van der Waals surface area contributed by atoms with E-state index in [9.17, 15) is 23.3 Å². The lowest BCUT2D eigenvalue weighted by molar-refractivity contribution is -0.384. The number of hydrogen-bond acceptors (Lipinski definition) is 6. The van der Waals surface area contributed by atoms with Crippen molar-refractivity contribution in [3.63, 3.8) is 0 Å². The molecule has 0 aliphatic carbocycles. The van der Waals surface area contributed by atoms with Crippen molar-refractivity contribution in [3.05, 3.63) is 58.6 Å². The summed E-state index contributed by atoms with van der Waals surface area (Å²) >= 11 is 1.51. The van der Waals surface area contributed by atoms with Crippen LogP contribution >= 0.6 is 11.8 Å². The summed E-state index contributed by atoms with van der Waals surface area (Å²) in [6, 6.07) is 11.3. The van der Waals surface area contributed by atoms with Gasteiger partial charge in [0, 0.05) is 22.7 Å². The molecule has 28 heavy (non-hydrogen) atoms. The maximum Gasteiger partial charge on any atom is 0.271 e. The molecule has 0 aliphatic rings. The molecule has 2 aromatic rings. The van der Waals surface area contributed by atoms with Crippen LogP contribution in [0.2, 0.25) is 0 Å². The number of amides is 1. The highest BCUT2D eigenvalue weighted by atomic mass is 32.2. The second-order valence-electron chi connectivity index (χ2n) is 5.98. The third-order valence-electron chi connectivity index (χ3n) is 3.96. The van der Waals surface area contributed by atoms with Gasteiger partial charge in [-0.2, -0.15) is 0 Å². The number of non-ortho nitro benzene ring substituents is 1. The minimum absolute atomic E-state index is 0.0663. The standard InChI is InChI=1S/C18H21N3O5S2/c1-4-17(18(22)19-13-7-5-10-16(11-13)27-2)20(28(3,25)26)14-8-6-9-15(12-14)21(23)24/h5-12,17H,4H2,1-3H3,(H,19,22)/t17-/m1/s1. The van der Waals surface area contributed by atoms with E-state index in [2.05, 4.69) is 5.32 Å². The largest absolute Gasteiger partial charge is 0.324 e. The fourth-order valence-corrected chi connectivity index (χ4v) is 4.39. The molecule has 0 bridgehead atoms. The lowest BCUT2D eigenvalue weighted by Crippen LogP contribution is -2.47. The number of hydrogen-bond donors (Lipinski definition) is 1. The number of thioether (sulfide) groups is 1. The van der Waals surface area contributed by atoms with Crippen molar-refractivity contribution in [2.45, 2.75) is 24.3 Å². The maximum atomic E-state index is 12.9. The molecule has 0 aliphatic heterocycles. The first-order valence-electron chi connectivity index (χ1n) is 8.36. The summed E-state index contributed by atoms with van der Waals surface area (Å²) in [4.78, 5) is 24.3. The van der Waals surface area contributed by atoms with E-state index in [1.165, 1.54) is 30.0 Å². The van der Waals surface area contributed by atoms with Gasteiger partial charge in [0.15, 0.2) is 0 Å². The van der Waals surface area contributed by atoms with Gasteiger partial charge in [0.05, 0.1) is 16.9 Å². The monoisotopic (exact) mass is 423 g/mol. The van der Waals surface area contributed by atoms with E-state index in [1.807, 2.05) is 12.3 Å². The molecule has 1 N–H and O–H groups in total. The number of rotatable bonds is 8. The predicted octanol–water partition coefficient (Wildman–Crippen LogP) is 3.50. The molecular formula is C18H21N3O5S2. The van der Waals surface area contributed by atoms with Gasteiger partial charge in [0.2, 0.25) is 15.9 Å². The van der Waals surface area contributed by atoms with Crippen LogP contribution in [0.3, 0.4) is 0 Å². The molecule has 150 valence electrons. The highest BCUT2D eigenvalue weighted by Gasteiger charge is 2.32. The summed E-state index contributed by atoms with van der Waals surface area (Å²) in [5.41, 5.74) is 0.355. The Kier molecular flexibility index (Phi) is 7.03. The van der Waals surface area contributed by atoms with Gasteiger partial charge in [0.25, 0.3) is 5.69 Å². The van der Waals surface area contributed by atoms with Gasteiger partial charge >= 0.3 is 0 Å². The quantitative estimate of drug-likeness (QED) is 0.395. The van der Waals surface area contributed by atoms with Crippen molar-refractivity contribution in [2.24, 2.45) is 0 Å². The molecule has 0 heterocycles. The van der Waals surface area contributed by atoms with Crippen LogP contribution < -0.4 is 9.62 Å². The number of carbonyl (C=O) groups is 1. The second kappa shape index (κ2) is 9.07. The number of nitro groups is 1. The van der Waals surface area contributed by atoms with Crippen molar-refractivity contribution in [3.8, 4) is 0 Å². The summed E-state index contributed by atoms with van der Waals surface area (Å²) in [7, 11) is -3.88. The summed E-state index contributed by atoms with van der Waals surface area (Å²) in [6.45, 7) is 1.68. The van der Waals surface area contributed by atoms with E-state index in [0.717, 1.165) is 21.5 Å². The second-order valence-corrected chi connectivity index (χ2v) is 8.72. The van der Waals surface area contributed by atoms with Crippen molar-refractivity contribution in [1.82, 2.24) is 0 Å². The molecule has 0 saturated carbocycles. The molecule has 0 aromatic heterocycles. The molecule has 2 aromatic carbocycles. The molecular weight excluding hydrogens is 402 g/mol. The number of nitrogens with zero attached hydrogens (tertiary/aromatic N) is 2. The van der Waals surface area contributed by atoms with Crippen LogP contribution in [0.1, 0.15) is 13.3 Å². The average Bonchev–Trinajstić information content (AvgIpc) is 2.65. The van der Waals surface area contributed by atoms with E-state index >= 15 is 0 Å². The Morgan fingerprint density at radius 3 is 2.50 bits per heavy atom. The van der Waals surface area contributed by atoms with Gasteiger partial charge in [-0.25, -0.2) is 8.42 Å². The Morgan fingerprint density at radius 1 is 1.25 bits per heavy atom. The maximum absolute atomic E-state index is 12.9. The third kappa shape index (κ3) is 5.23. The zero-order chi connectivity index (χ0) is 20.9. The number of nitrogens with one attached hydrogen (secondary N) is 1. The first kappa shape index (κ1) is 21.7. The third-order valence-corrected chi connectivity index (χ3v) is 5.87. The molecule has 0 spiro atoms. The Balaban J connectivity index is 2.41. The van der Waals surface area contributed by atoms with E-state index in [4.69, 9.17) is 0 Å². The molecule has 0 saturated heterocycles. The summed E-state index contributed by atoms with van der Waals surface area (Å²) in [6.07, 6.45) is 3.06. The summed E-state index contributed by atoms with van der Waals surface area (Å²) < 4.78 is 25.8. The Bertz CT molecular complexity index is 979. The van der Waals surface area contributed by atoms with Crippen molar-refractivity contribution in [2.75, 3.05) is 22.1 Å². The minimum atomic E-state index is -3.88. The Morgan fingerprint density at radius 2 is 1.93 bits per heavy atom. The number of nitro benzene ring substituents is 1. The number of sulfonamides is 1. The van der Waals surface area contributed by atoms with Crippen molar-refractivity contribution < 1.29 is 18.1 Å². The van der Waals surface area contributed by atoms with E-state index in [-0.39, 0.29) is 17.8 Å². The number of anilines is 2. The van der Waals surface area contributed by atoms with Crippen LogP contribution in [0, 0.1) is 10.1 Å². The zero-order valence-electron chi connectivity index (χ0n) is 15.7. The van der Waals surface area contributed by atoms with Gasteiger partial charge in [-0.3, -0.25) is 19.2 Å². The van der Waals surface area contributed by atoms with Crippen molar-refractivity contribution in [1.29, 1.82) is 0 Å². The van der Waals surface area contributed by atoms with Crippen LogP contribution in [-0.2, 0) is 14.8 Å². The Labute approximate surface area is 168 Å². The lowest BCUT2D eigenvalue weighted by Gasteiger charge is -2.30. The molecule has 1 atom stereocenters. The normalized spacial score (nSPS) is 12.2. The van der Waals surface area contributed by atoms with Crippen LogP contribution in [0.5, 0.6) is 0 Å². The van der Waals surface area contributed by atoms with Crippen LogP contribution in [0.25, 0.3) is 0 Å². The van der Waals surface area contributed by atoms with E-state index < -0.39 is 26.9 Å². The van der Waals surface area contributed by atoms with Gasteiger partial charge in [0.1, 0.15) is 6.04 Å². The van der Waals surface area contributed by atoms with E-state index in [1.54, 1.807) is 25.1 Å². The van der Waals surface area contributed by atoms with Gasteiger partial charge in [-0.15, -0.1) is 11.8 Å².